The maximum absolute atomic E-state index is 14.7. The fraction of sp³-hybridized carbons (Fsp3) is 0.276. The first kappa shape index (κ1) is 24.5. The maximum atomic E-state index is 14.7. The van der Waals surface area contributed by atoms with Gasteiger partial charge in [0.2, 0.25) is 0 Å². The van der Waals surface area contributed by atoms with Crippen molar-refractivity contribution in [3.8, 4) is 0 Å². The van der Waals surface area contributed by atoms with Crippen LogP contribution in [0.3, 0.4) is 0 Å². The normalized spacial score (nSPS) is 18.0. The van der Waals surface area contributed by atoms with E-state index in [1.165, 1.54) is 6.07 Å². The van der Waals surface area contributed by atoms with Gasteiger partial charge in [-0.25, -0.2) is 4.39 Å². The number of aromatic nitrogens is 3. The molecule has 0 spiro atoms. The van der Waals surface area contributed by atoms with Crippen LogP contribution < -0.4 is 0 Å². The number of pyridine rings is 1. The molecule has 2 aliphatic heterocycles. The minimum atomic E-state index is -4.82. The van der Waals surface area contributed by atoms with Crippen LogP contribution in [0.5, 0.6) is 0 Å². The van der Waals surface area contributed by atoms with Gasteiger partial charge >= 0.3 is 6.18 Å². The van der Waals surface area contributed by atoms with Crippen molar-refractivity contribution in [2.45, 2.75) is 37.9 Å². The van der Waals surface area contributed by atoms with Crippen LogP contribution in [0.4, 0.5) is 17.6 Å². The first-order valence-corrected chi connectivity index (χ1v) is 12.3. The van der Waals surface area contributed by atoms with E-state index in [0.29, 0.717) is 25.2 Å². The summed E-state index contributed by atoms with van der Waals surface area (Å²) >= 11 is 0. The van der Waals surface area contributed by atoms with Crippen LogP contribution in [-0.4, -0.2) is 33.8 Å². The number of Topliss-reactive ketones (excluding diaryl/α,β-unsaturated/α-hetero) is 1. The fourth-order valence-corrected chi connectivity index (χ4v) is 5.29. The zero-order valence-corrected chi connectivity index (χ0v) is 20.4. The molecule has 0 saturated carbocycles. The van der Waals surface area contributed by atoms with Crippen molar-refractivity contribution < 1.29 is 27.1 Å². The average Bonchev–Trinajstić information content (AvgIpc) is 3.23. The summed E-state index contributed by atoms with van der Waals surface area (Å²) in [6, 6.07) is 11.5. The Morgan fingerprint density at radius 3 is 2.61 bits per heavy atom. The number of rotatable bonds is 5. The molecule has 2 aromatic heterocycles. The van der Waals surface area contributed by atoms with Gasteiger partial charge in [-0.2, -0.15) is 18.3 Å². The summed E-state index contributed by atoms with van der Waals surface area (Å²) in [5.74, 6) is -1.45. The van der Waals surface area contributed by atoms with E-state index < -0.39 is 23.6 Å². The van der Waals surface area contributed by atoms with Crippen LogP contribution in [0.2, 0.25) is 0 Å². The molecule has 0 N–H and O–H groups in total. The van der Waals surface area contributed by atoms with Gasteiger partial charge in [0.1, 0.15) is 11.9 Å². The van der Waals surface area contributed by atoms with Gasteiger partial charge in [0.25, 0.3) is 0 Å². The standard InChI is InChI=1S/C29H23F4N3O2/c1-16-8-22-12-25(21-14-38-15-21)35-36(22)28(19-4-5-23(24(30)11-19)29(31,32)33)27(16)26(37)10-17-2-3-20-13-34-7-6-18(20)9-17/h2-7,9,11-13,21,28H,8,10,14-15H2,1H3. The molecule has 0 bridgehead atoms. The number of fused-ring (bicyclic) bond motifs is 2. The van der Waals surface area contributed by atoms with Crippen LogP contribution in [0.15, 0.2) is 72.1 Å². The van der Waals surface area contributed by atoms with Crippen LogP contribution >= 0.6 is 0 Å². The van der Waals surface area contributed by atoms with E-state index in [1.807, 2.05) is 37.3 Å². The Labute approximate surface area is 215 Å². The Morgan fingerprint density at radius 1 is 1.08 bits per heavy atom. The van der Waals surface area contributed by atoms with Gasteiger partial charge in [-0.05, 0) is 47.7 Å². The molecule has 1 fully saturated rings. The monoisotopic (exact) mass is 521 g/mol. The highest BCUT2D eigenvalue weighted by Crippen LogP contribution is 2.40. The third kappa shape index (κ3) is 4.30. The number of hydrogen-bond acceptors (Lipinski definition) is 4. The highest BCUT2D eigenvalue weighted by atomic mass is 19.4. The van der Waals surface area contributed by atoms with Crippen molar-refractivity contribution in [1.29, 1.82) is 0 Å². The van der Waals surface area contributed by atoms with Gasteiger partial charge in [-0.15, -0.1) is 0 Å². The lowest BCUT2D eigenvalue weighted by atomic mass is 9.85. The van der Waals surface area contributed by atoms with Gasteiger partial charge in [-0.1, -0.05) is 29.8 Å². The lowest BCUT2D eigenvalue weighted by Crippen LogP contribution is -2.29. The second-order valence-electron chi connectivity index (χ2n) is 9.91. The Kier molecular flexibility index (Phi) is 5.90. The van der Waals surface area contributed by atoms with E-state index in [4.69, 9.17) is 9.84 Å². The van der Waals surface area contributed by atoms with Crippen molar-refractivity contribution in [3.63, 3.8) is 0 Å². The van der Waals surface area contributed by atoms with E-state index >= 15 is 0 Å². The number of halogens is 4. The molecular weight excluding hydrogens is 498 g/mol. The number of ether oxygens (including phenoxy) is 1. The molecule has 1 unspecified atom stereocenters. The largest absolute Gasteiger partial charge is 0.419 e. The summed E-state index contributed by atoms with van der Waals surface area (Å²) in [5, 5.41) is 6.64. The van der Waals surface area contributed by atoms with Crippen molar-refractivity contribution >= 4 is 16.6 Å². The molecule has 0 radical (unpaired) electrons. The van der Waals surface area contributed by atoms with Crippen LogP contribution in [0.25, 0.3) is 10.8 Å². The molecule has 4 heterocycles. The SMILES string of the molecule is CC1=C(C(=O)Cc2ccc3cnccc3c2)C(c2ccc(C(F)(F)F)c(F)c2)n2nc(C3COC3)cc2C1. The summed E-state index contributed by atoms with van der Waals surface area (Å²) < 4.78 is 61.5. The van der Waals surface area contributed by atoms with E-state index in [1.54, 1.807) is 17.1 Å². The summed E-state index contributed by atoms with van der Waals surface area (Å²) in [4.78, 5) is 17.9. The van der Waals surface area contributed by atoms with E-state index in [0.717, 1.165) is 45.4 Å². The topological polar surface area (TPSA) is 57.0 Å². The number of alkyl halides is 3. The Morgan fingerprint density at radius 2 is 1.89 bits per heavy atom. The molecule has 2 aliphatic rings. The Bertz CT molecular complexity index is 1600. The molecule has 0 aliphatic carbocycles. The summed E-state index contributed by atoms with van der Waals surface area (Å²) in [6.07, 6.45) is -0.844. The molecule has 4 aromatic rings. The highest BCUT2D eigenvalue weighted by molar-refractivity contribution is 5.99. The number of nitrogens with zero attached hydrogens (tertiary/aromatic N) is 3. The van der Waals surface area contributed by atoms with Crippen molar-refractivity contribution in [2.24, 2.45) is 0 Å². The van der Waals surface area contributed by atoms with Gasteiger partial charge in [-0.3, -0.25) is 14.5 Å². The number of carbonyl (C=O) groups is 1. The molecule has 38 heavy (non-hydrogen) atoms. The van der Waals surface area contributed by atoms with Crippen LogP contribution in [-0.2, 0) is 28.5 Å². The molecule has 5 nitrogen and oxygen atoms in total. The Balaban J connectivity index is 1.42. The van der Waals surface area contributed by atoms with E-state index in [9.17, 15) is 22.4 Å². The summed E-state index contributed by atoms with van der Waals surface area (Å²) in [5.41, 5.74) is 2.52. The van der Waals surface area contributed by atoms with Gasteiger partial charge in [0, 0.05) is 47.8 Å². The quantitative estimate of drug-likeness (QED) is 0.304. The van der Waals surface area contributed by atoms with Crippen molar-refractivity contribution in [2.75, 3.05) is 13.2 Å². The molecular formula is C29H23F4N3O2. The molecule has 6 rings (SSSR count). The Hall–Kier alpha value is -3.85. The second kappa shape index (κ2) is 9.16. The first-order valence-electron chi connectivity index (χ1n) is 12.3. The molecule has 0 amide bonds. The minimum absolute atomic E-state index is 0.0878. The fourth-order valence-electron chi connectivity index (χ4n) is 5.29. The van der Waals surface area contributed by atoms with E-state index in [-0.39, 0.29) is 23.7 Å². The average molecular weight is 522 g/mol. The molecule has 1 saturated heterocycles. The predicted octanol–water partition coefficient (Wildman–Crippen LogP) is 5.98. The van der Waals surface area contributed by atoms with Gasteiger partial charge in [0.05, 0.1) is 24.5 Å². The first-order chi connectivity index (χ1) is 18.2. The molecule has 9 heteroatoms. The number of ketones is 1. The molecule has 194 valence electrons. The lowest BCUT2D eigenvalue weighted by molar-refractivity contribution is -0.140. The third-order valence-electron chi connectivity index (χ3n) is 7.30. The smallest absolute Gasteiger partial charge is 0.380 e. The minimum Gasteiger partial charge on any atom is -0.380 e. The molecule has 1 atom stereocenters. The number of benzene rings is 2. The van der Waals surface area contributed by atoms with Gasteiger partial charge < -0.3 is 4.74 Å². The highest BCUT2D eigenvalue weighted by Gasteiger charge is 2.38. The predicted molar refractivity (Wildman–Crippen MR) is 132 cm³/mol. The van der Waals surface area contributed by atoms with Crippen molar-refractivity contribution in [1.82, 2.24) is 14.8 Å². The second-order valence-corrected chi connectivity index (χ2v) is 9.91. The lowest BCUT2D eigenvalue weighted by Gasteiger charge is -2.30. The zero-order valence-electron chi connectivity index (χ0n) is 20.4. The third-order valence-corrected chi connectivity index (χ3v) is 7.30. The number of allylic oxidation sites excluding steroid dienone is 2. The summed E-state index contributed by atoms with van der Waals surface area (Å²) in [6.45, 7) is 2.91. The van der Waals surface area contributed by atoms with Crippen molar-refractivity contribution in [3.05, 3.63) is 106 Å². The summed E-state index contributed by atoms with van der Waals surface area (Å²) in [7, 11) is 0. The van der Waals surface area contributed by atoms with E-state index in [2.05, 4.69) is 4.98 Å². The zero-order chi connectivity index (χ0) is 26.6. The van der Waals surface area contributed by atoms with Gasteiger partial charge in [0.15, 0.2) is 5.78 Å². The number of hydrogen-bond donors (Lipinski definition) is 0. The maximum Gasteiger partial charge on any atom is 0.419 e. The van der Waals surface area contributed by atoms with Crippen LogP contribution in [0, 0.1) is 5.82 Å². The van der Waals surface area contributed by atoms with Crippen LogP contribution in [0.1, 0.15) is 47.0 Å². The molecule has 2 aromatic carbocycles. The number of carbonyl (C=O) groups excluding carboxylic acids is 1.